The van der Waals surface area contributed by atoms with Crippen LogP contribution in [0.5, 0.6) is 5.75 Å². The van der Waals surface area contributed by atoms with E-state index in [-0.39, 0.29) is 17.5 Å². The maximum atomic E-state index is 13.4. The van der Waals surface area contributed by atoms with Crippen LogP contribution in [-0.4, -0.2) is 27.0 Å². The first-order valence-electron chi connectivity index (χ1n) is 11.7. The number of nitrogens with one attached hydrogen (secondary N) is 1. The molecular formula is C27H30N2O4S. The number of ether oxygens (including phenoxy) is 1. The van der Waals surface area contributed by atoms with E-state index in [0.29, 0.717) is 11.4 Å². The molecule has 1 N–H and O–H groups in total. The largest absolute Gasteiger partial charge is 0.490 e. The minimum Gasteiger partial charge on any atom is -0.490 e. The van der Waals surface area contributed by atoms with Gasteiger partial charge in [-0.05, 0) is 86.2 Å². The van der Waals surface area contributed by atoms with Gasteiger partial charge in [0.05, 0.1) is 16.7 Å². The Morgan fingerprint density at radius 3 is 2.21 bits per heavy atom. The number of hydrogen-bond acceptors (Lipinski definition) is 4. The second-order valence-corrected chi connectivity index (χ2v) is 10.3. The summed E-state index contributed by atoms with van der Waals surface area (Å²) in [5.74, 6) is 0.345. The van der Waals surface area contributed by atoms with E-state index in [4.69, 9.17) is 4.74 Å². The van der Waals surface area contributed by atoms with Crippen LogP contribution < -0.4 is 14.4 Å². The van der Waals surface area contributed by atoms with Crippen LogP contribution in [0, 0.1) is 0 Å². The fraction of sp³-hybridized carbons (Fsp3) is 0.296. The van der Waals surface area contributed by atoms with Crippen molar-refractivity contribution in [2.75, 3.05) is 16.2 Å². The highest BCUT2D eigenvalue weighted by molar-refractivity contribution is 7.92. The van der Waals surface area contributed by atoms with Crippen molar-refractivity contribution in [2.24, 2.45) is 0 Å². The van der Waals surface area contributed by atoms with Crippen molar-refractivity contribution in [1.82, 2.24) is 0 Å². The number of hydrogen-bond donors (Lipinski definition) is 1. The Labute approximate surface area is 201 Å². The first-order chi connectivity index (χ1) is 16.5. The lowest BCUT2D eigenvalue weighted by molar-refractivity contribution is -0.114. The number of aryl methyl sites for hydroxylation is 1. The smallest absolute Gasteiger partial charge is 0.264 e. The molecule has 0 spiro atoms. The summed E-state index contributed by atoms with van der Waals surface area (Å²) < 4.78 is 33.9. The quantitative estimate of drug-likeness (QED) is 0.447. The zero-order valence-electron chi connectivity index (χ0n) is 19.3. The minimum atomic E-state index is -3.93. The molecule has 1 saturated carbocycles. The minimum absolute atomic E-state index is 0.135. The molecule has 0 aromatic heterocycles. The summed E-state index contributed by atoms with van der Waals surface area (Å²) in [4.78, 5) is 13.0. The van der Waals surface area contributed by atoms with Crippen LogP contribution >= 0.6 is 0 Å². The fourth-order valence-corrected chi connectivity index (χ4v) is 5.52. The Morgan fingerprint density at radius 2 is 1.59 bits per heavy atom. The molecule has 1 aliphatic rings. The molecule has 0 bridgehead atoms. The third-order valence-electron chi connectivity index (χ3n) is 5.99. The van der Waals surface area contributed by atoms with Gasteiger partial charge in [-0.1, -0.05) is 37.3 Å². The van der Waals surface area contributed by atoms with Crippen LogP contribution in [0.15, 0.2) is 83.8 Å². The van der Waals surface area contributed by atoms with E-state index in [1.807, 2.05) is 31.2 Å². The molecule has 0 saturated heterocycles. The van der Waals surface area contributed by atoms with Gasteiger partial charge in [0.15, 0.2) is 0 Å². The van der Waals surface area contributed by atoms with Crippen molar-refractivity contribution < 1.29 is 17.9 Å². The van der Waals surface area contributed by atoms with Gasteiger partial charge in [0.2, 0.25) is 5.91 Å². The highest BCUT2D eigenvalue weighted by Crippen LogP contribution is 2.26. The topological polar surface area (TPSA) is 75.7 Å². The average Bonchev–Trinajstić information content (AvgIpc) is 3.37. The molecule has 1 aliphatic carbocycles. The normalized spacial score (nSPS) is 14.0. The van der Waals surface area contributed by atoms with E-state index in [1.165, 1.54) is 25.0 Å². The summed E-state index contributed by atoms with van der Waals surface area (Å²) in [6, 6.07) is 22.6. The Hall–Kier alpha value is -3.32. The number of carbonyl (C=O) groups is 1. The van der Waals surface area contributed by atoms with Crippen LogP contribution in [-0.2, 0) is 21.2 Å². The molecule has 0 aliphatic heterocycles. The van der Waals surface area contributed by atoms with E-state index in [2.05, 4.69) is 5.32 Å². The third kappa shape index (κ3) is 5.78. The Kier molecular flexibility index (Phi) is 7.53. The Morgan fingerprint density at radius 1 is 0.941 bits per heavy atom. The van der Waals surface area contributed by atoms with E-state index in [1.54, 1.807) is 42.5 Å². The van der Waals surface area contributed by atoms with Crippen molar-refractivity contribution >= 4 is 27.3 Å². The van der Waals surface area contributed by atoms with Gasteiger partial charge in [0.1, 0.15) is 12.3 Å². The Balaban J connectivity index is 1.50. The number of benzene rings is 3. The molecule has 7 heteroatoms. The van der Waals surface area contributed by atoms with Crippen LogP contribution in [0.1, 0.15) is 38.2 Å². The molecule has 0 unspecified atom stereocenters. The molecule has 0 atom stereocenters. The van der Waals surface area contributed by atoms with Gasteiger partial charge in [-0.3, -0.25) is 9.10 Å². The first kappa shape index (κ1) is 23.8. The second-order valence-electron chi connectivity index (χ2n) is 8.44. The predicted octanol–water partition coefficient (Wildman–Crippen LogP) is 5.40. The summed E-state index contributed by atoms with van der Waals surface area (Å²) in [6.07, 6.45) is 5.64. The monoisotopic (exact) mass is 478 g/mol. The molecule has 4 rings (SSSR count). The van der Waals surface area contributed by atoms with Crippen LogP contribution in [0.3, 0.4) is 0 Å². The SMILES string of the molecule is CCc1ccc(N(CC(=O)Nc2ccc(OC3CCCC3)cc2)S(=O)(=O)c2ccccc2)cc1. The van der Waals surface area contributed by atoms with Gasteiger partial charge >= 0.3 is 0 Å². The predicted molar refractivity (Wildman–Crippen MR) is 135 cm³/mol. The van der Waals surface area contributed by atoms with Crippen molar-refractivity contribution in [3.63, 3.8) is 0 Å². The number of amides is 1. The molecule has 0 heterocycles. The standard InChI is InChI=1S/C27H30N2O4S/c1-2-21-12-16-23(17-13-21)29(34(31,32)26-10-4-3-5-11-26)20-27(30)28-22-14-18-25(19-15-22)33-24-8-6-7-9-24/h3-5,10-19,24H,2,6-9,20H2,1H3,(H,28,30). The lowest BCUT2D eigenvalue weighted by Crippen LogP contribution is -2.38. The molecule has 178 valence electrons. The molecule has 3 aromatic carbocycles. The van der Waals surface area contributed by atoms with Gasteiger partial charge in [-0.15, -0.1) is 0 Å². The Bertz CT molecular complexity index is 1190. The zero-order valence-corrected chi connectivity index (χ0v) is 20.1. The summed E-state index contributed by atoms with van der Waals surface area (Å²) in [7, 11) is -3.93. The number of carbonyl (C=O) groups excluding carboxylic acids is 1. The molecule has 34 heavy (non-hydrogen) atoms. The van der Waals surface area contributed by atoms with Crippen LogP contribution in [0.25, 0.3) is 0 Å². The first-order valence-corrected chi connectivity index (χ1v) is 13.1. The molecule has 1 amide bonds. The summed E-state index contributed by atoms with van der Waals surface area (Å²) >= 11 is 0. The van der Waals surface area contributed by atoms with Crippen molar-refractivity contribution in [3.05, 3.63) is 84.4 Å². The van der Waals surface area contributed by atoms with E-state index >= 15 is 0 Å². The lowest BCUT2D eigenvalue weighted by Gasteiger charge is -2.24. The second kappa shape index (κ2) is 10.7. The maximum absolute atomic E-state index is 13.4. The van der Waals surface area contributed by atoms with Crippen LogP contribution in [0.2, 0.25) is 0 Å². The fourth-order valence-electron chi connectivity index (χ4n) is 4.08. The third-order valence-corrected chi connectivity index (χ3v) is 7.78. The highest BCUT2D eigenvalue weighted by Gasteiger charge is 2.27. The molecule has 0 radical (unpaired) electrons. The van der Waals surface area contributed by atoms with E-state index < -0.39 is 15.9 Å². The maximum Gasteiger partial charge on any atom is 0.264 e. The van der Waals surface area contributed by atoms with Crippen molar-refractivity contribution in [1.29, 1.82) is 0 Å². The number of nitrogens with zero attached hydrogens (tertiary/aromatic N) is 1. The van der Waals surface area contributed by atoms with Gasteiger partial charge < -0.3 is 10.1 Å². The highest BCUT2D eigenvalue weighted by atomic mass is 32.2. The van der Waals surface area contributed by atoms with Crippen molar-refractivity contribution in [2.45, 2.75) is 50.0 Å². The van der Waals surface area contributed by atoms with E-state index in [0.717, 1.165) is 34.9 Å². The van der Waals surface area contributed by atoms with E-state index in [9.17, 15) is 13.2 Å². The summed E-state index contributed by atoms with van der Waals surface area (Å²) in [6.45, 7) is 1.69. The van der Waals surface area contributed by atoms with Crippen molar-refractivity contribution in [3.8, 4) is 5.75 Å². The van der Waals surface area contributed by atoms with Gasteiger partial charge in [-0.25, -0.2) is 8.42 Å². The van der Waals surface area contributed by atoms with Gasteiger partial charge in [0, 0.05) is 5.69 Å². The molecule has 6 nitrogen and oxygen atoms in total. The number of sulfonamides is 1. The van der Waals surface area contributed by atoms with Crippen LogP contribution in [0.4, 0.5) is 11.4 Å². The lowest BCUT2D eigenvalue weighted by atomic mass is 10.1. The average molecular weight is 479 g/mol. The van der Waals surface area contributed by atoms with Gasteiger partial charge in [-0.2, -0.15) is 0 Å². The number of anilines is 2. The molecule has 3 aromatic rings. The molecular weight excluding hydrogens is 448 g/mol. The summed E-state index contributed by atoms with van der Waals surface area (Å²) in [5, 5.41) is 2.81. The number of rotatable bonds is 9. The summed E-state index contributed by atoms with van der Waals surface area (Å²) in [5.41, 5.74) is 2.11. The zero-order chi connectivity index (χ0) is 24.0. The van der Waals surface area contributed by atoms with Gasteiger partial charge in [0.25, 0.3) is 10.0 Å². The molecule has 1 fully saturated rings.